The Morgan fingerprint density at radius 2 is 2.10 bits per heavy atom. The summed E-state index contributed by atoms with van der Waals surface area (Å²) in [6.45, 7) is 1.86. The predicted molar refractivity (Wildman–Crippen MR) is 76.2 cm³/mol. The molecule has 1 N–H and O–H groups in total. The number of hydrogen-bond donors (Lipinski definition) is 1. The number of nitrogens with zero attached hydrogens (tertiary/aromatic N) is 1. The van der Waals surface area contributed by atoms with Gasteiger partial charge >= 0.3 is 0 Å². The zero-order chi connectivity index (χ0) is 14.5. The summed E-state index contributed by atoms with van der Waals surface area (Å²) < 4.78 is 18.9. The summed E-state index contributed by atoms with van der Waals surface area (Å²) >= 11 is 5.89. The lowest BCUT2D eigenvalue weighted by atomic mass is 10.1. The standard InChI is InChI=1S/C15H13ClFNO2/c1-10(18-19)14-8-13(17)5-6-15(14)20-9-11-3-2-4-12(16)7-11/h2-8,19H,9H2,1H3/b18-10-. The number of oxime groups is 1. The van der Waals surface area contributed by atoms with E-state index in [4.69, 9.17) is 21.5 Å². The van der Waals surface area contributed by atoms with E-state index in [-0.39, 0.29) is 12.3 Å². The lowest BCUT2D eigenvalue weighted by Crippen LogP contribution is -2.03. The van der Waals surface area contributed by atoms with Crippen LogP contribution in [0.2, 0.25) is 5.02 Å². The molecule has 0 saturated heterocycles. The fraction of sp³-hybridized carbons (Fsp3) is 0.133. The largest absolute Gasteiger partial charge is 0.488 e. The second-order valence-corrected chi connectivity index (χ2v) is 4.68. The van der Waals surface area contributed by atoms with Gasteiger partial charge in [0.1, 0.15) is 18.2 Å². The molecule has 0 fully saturated rings. The summed E-state index contributed by atoms with van der Waals surface area (Å²) in [4.78, 5) is 0. The smallest absolute Gasteiger partial charge is 0.129 e. The molecule has 0 aliphatic heterocycles. The number of benzene rings is 2. The van der Waals surface area contributed by atoms with Gasteiger partial charge in [-0.15, -0.1) is 0 Å². The van der Waals surface area contributed by atoms with Crippen LogP contribution >= 0.6 is 11.6 Å². The number of ether oxygens (including phenoxy) is 1. The monoisotopic (exact) mass is 293 g/mol. The molecule has 20 heavy (non-hydrogen) atoms. The van der Waals surface area contributed by atoms with Crippen LogP contribution in [0.3, 0.4) is 0 Å². The minimum absolute atomic E-state index is 0.283. The van der Waals surface area contributed by atoms with Crippen LogP contribution in [0.5, 0.6) is 5.75 Å². The fourth-order valence-electron chi connectivity index (χ4n) is 1.75. The van der Waals surface area contributed by atoms with E-state index in [2.05, 4.69) is 5.16 Å². The van der Waals surface area contributed by atoms with Gasteiger partial charge in [0, 0.05) is 10.6 Å². The SMILES string of the molecule is C/C(=N/O)c1cc(F)ccc1OCc1cccc(Cl)c1. The highest BCUT2D eigenvalue weighted by atomic mass is 35.5. The minimum atomic E-state index is -0.418. The van der Waals surface area contributed by atoms with Crippen LogP contribution in [-0.4, -0.2) is 10.9 Å². The second-order valence-electron chi connectivity index (χ2n) is 4.24. The van der Waals surface area contributed by atoms with Gasteiger partial charge in [0.25, 0.3) is 0 Å². The average molecular weight is 294 g/mol. The molecule has 0 heterocycles. The molecule has 0 amide bonds. The molecule has 0 spiro atoms. The van der Waals surface area contributed by atoms with Crippen LogP contribution in [0.4, 0.5) is 4.39 Å². The van der Waals surface area contributed by atoms with Crippen molar-refractivity contribution in [2.45, 2.75) is 13.5 Å². The maximum atomic E-state index is 13.3. The summed E-state index contributed by atoms with van der Waals surface area (Å²) in [6.07, 6.45) is 0. The zero-order valence-corrected chi connectivity index (χ0v) is 11.6. The van der Waals surface area contributed by atoms with Gasteiger partial charge in [-0.05, 0) is 42.8 Å². The lowest BCUT2D eigenvalue weighted by Gasteiger charge is -2.11. The van der Waals surface area contributed by atoms with E-state index < -0.39 is 5.82 Å². The Morgan fingerprint density at radius 1 is 1.30 bits per heavy atom. The van der Waals surface area contributed by atoms with Crippen molar-refractivity contribution in [2.24, 2.45) is 5.16 Å². The first kappa shape index (κ1) is 14.3. The van der Waals surface area contributed by atoms with Gasteiger partial charge in [0.2, 0.25) is 0 Å². The van der Waals surface area contributed by atoms with Gasteiger partial charge in [-0.1, -0.05) is 28.9 Å². The van der Waals surface area contributed by atoms with E-state index >= 15 is 0 Å². The summed E-state index contributed by atoms with van der Waals surface area (Å²) in [6, 6.07) is 11.3. The van der Waals surface area contributed by atoms with Crippen molar-refractivity contribution in [1.82, 2.24) is 0 Å². The van der Waals surface area contributed by atoms with Crippen LogP contribution in [-0.2, 0) is 6.61 Å². The number of rotatable bonds is 4. The molecule has 0 aliphatic carbocycles. The molecule has 2 aromatic rings. The normalized spacial score (nSPS) is 11.4. The van der Waals surface area contributed by atoms with E-state index in [1.54, 1.807) is 19.1 Å². The summed E-state index contributed by atoms with van der Waals surface area (Å²) in [5.41, 5.74) is 1.59. The van der Waals surface area contributed by atoms with Crippen LogP contribution in [0.1, 0.15) is 18.1 Å². The maximum absolute atomic E-state index is 13.3. The molecule has 0 saturated carbocycles. The number of halogens is 2. The third-order valence-electron chi connectivity index (χ3n) is 2.76. The predicted octanol–water partition coefficient (Wildman–Crippen LogP) is 4.26. The Bertz CT molecular complexity index is 644. The molecule has 2 aromatic carbocycles. The molecule has 0 aliphatic rings. The zero-order valence-electron chi connectivity index (χ0n) is 10.8. The van der Waals surface area contributed by atoms with Crippen molar-refractivity contribution in [3.05, 3.63) is 64.4 Å². The second kappa shape index (κ2) is 6.39. The van der Waals surface area contributed by atoms with Crippen molar-refractivity contribution >= 4 is 17.3 Å². The van der Waals surface area contributed by atoms with Gasteiger partial charge in [0.15, 0.2) is 0 Å². The van der Waals surface area contributed by atoms with Crippen molar-refractivity contribution < 1.29 is 14.3 Å². The average Bonchev–Trinajstić information content (AvgIpc) is 2.45. The van der Waals surface area contributed by atoms with Crippen molar-refractivity contribution in [3.63, 3.8) is 0 Å². The third kappa shape index (κ3) is 3.48. The summed E-state index contributed by atoms with van der Waals surface area (Å²) in [7, 11) is 0. The molecule has 2 rings (SSSR count). The lowest BCUT2D eigenvalue weighted by molar-refractivity contribution is 0.303. The van der Waals surface area contributed by atoms with E-state index in [1.807, 2.05) is 12.1 Å². The van der Waals surface area contributed by atoms with Crippen molar-refractivity contribution in [2.75, 3.05) is 0 Å². The van der Waals surface area contributed by atoms with E-state index in [0.717, 1.165) is 5.56 Å². The topological polar surface area (TPSA) is 41.8 Å². The van der Waals surface area contributed by atoms with E-state index in [9.17, 15) is 4.39 Å². The Balaban J connectivity index is 2.21. The van der Waals surface area contributed by atoms with E-state index in [1.165, 1.54) is 18.2 Å². The quantitative estimate of drug-likeness (QED) is 0.520. The Labute approximate surface area is 121 Å². The molecular weight excluding hydrogens is 281 g/mol. The first-order valence-corrected chi connectivity index (χ1v) is 6.34. The molecule has 0 radical (unpaired) electrons. The first-order valence-electron chi connectivity index (χ1n) is 5.96. The highest BCUT2D eigenvalue weighted by Crippen LogP contribution is 2.22. The molecule has 3 nitrogen and oxygen atoms in total. The highest BCUT2D eigenvalue weighted by molar-refractivity contribution is 6.30. The third-order valence-corrected chi connectivity index (χ3v) is 3.00. The van der Waals surface area contributed by atoms with Gasteiger partial charge < -0.3 is 9.94 Å². The Kier molecular flexibility index (Phi) is 4.58. The summed E-state index contributed by atoms with van der Waals surface area (Å²) in [5, 5.41) is 12.5. The van der Waals surface area contributed by atoms with E-state index in [0.29, 0.717) is 16.3 Å². The van der Waals surface area contributed by atoms with Gasteiger partial charge in [-0.2, -0.15) is 0 Å². The Morgan fingerprint density at radius 3 is 2.80 bits per heavy atom. The van der Waals surface area contributed by atoms with Crippen molar-refractivity contribution in [3.8, 4) is 5.75 Å². The fourth-order valence-corrected chi connectivity index (χ4v) is 1.97. The minimum Gasteiger partial charge on any atom is -0.488 e. The molecule has 0 bridgehead atoms. The highest BCUT2D eigenvalue weighted by Gasteiger charge is 2.09. The van der Waals surface area contributed by atoms with Gasteiger partial charge in [-0.25, -0.2) is 4.39 Å². The molecular formula is C15H13ClFNO2. The molecule has 0 unspecified atom stereocenters. The number of hydrogen-bond acceptors (Lipinski definition) is 3. The van der Waals surface area contributed by atoms with Crippen LogP contribution in [0.25, 0.3) is 0 Å². The first-order chi connectivity index (χ1) is 9.60. The van der Waals surface area contributed by atoms with Crippen LogP contribution in [0.15, 0.2) is 47.6 Å². The molecule has 5 heteroatoms. The van der Waals surface area contributed by atoms with Crippen molar-refractivity contribution in [1.29, 1.82) is 0 Å². The van der Waals surface area contributed by atoms with Gasteiger partial charge in [-0.3, -0.25) is 0 Å². The van der Waals surface area contributed by atoms with Gasteiger partial charge in [0.05, 0.1) is 5.71 Å². The summed E-state index contributed by atoms with van der Waals surface area (Å²) in [5.74, 6) is 0.0276. The maximum Gasteiger partial charge on any atom is 0.129 e. The van der Waals surface area contributed by atoms with Crippen LogP contribution < -0.4 is 4.74 Å². The molecule has 0 aromatic heterocycles. The Hall–Kier alpha value is -2.07. The molecule has 104 valence electrons. The molecule has 0 atom stereocenters. The van der Waals surface area contributed by atoms with Crippen LogP contribution in [0, 0.1) is 5.82 Å².